The second-order valence-corrected chi connectivity index (χ2v) is 4.96. The minimum absolute atomic E-state index is 0.0325. The number of aryl methyl sites for hydroxylation is 1. The summed E-state index contributed by atoms with van der Waals surface area (Å²) in [6.07, 6.45) is 0. The third-order valence-electron chi connectivity index (χ3n) is 2.28. The molecule has 0 saturated heterocycles. The van der Waals surface area contributed by atoms with Crippen LogP contribution in [0.5, 0.6) is 0 Å². The Bertz CT molecular complexity index is 537. The maximum absolute atomic E-state index is 13.3. The lowest BCUT2D eigenvalue weighted by molar-refractivity contribution is 0.449. The predicted octanol–water partition coefficient (Wildman–Crippen LogP) is 4.09. The predicted molar refractivity (Wildman–Crippen MR) is 62.7 cm³/mol. The Hall–Kier alpha value is -1.49. The van der Waals surface area contributed by atoms with Crippen molar-refractivity contribution in [3.63, 3.8) is 0 Å². The molecular weight excluding hydrogens is 247 g/mol. The highest BCUT2D eigenvalue weighted by atomic mass is 32.1. The van der Waals surface area contributed by atoms with Gasteiger partial charge in [0.1, 0.15) is 0 Å². The molecular formula is C12H10F3NS. The van der Waals surface area contributed by atoms with Crippen LogP contribution in [0, 0.1) is 24.4 Å². The molecule has 5 heteroatoms. The van der Waals surface area contributed by atoms with Gasteiger partial charge in [-0.1, -0.05) is 0 Å². The second-order valence-electron chi connectivity index (χ2n) is 3.59. The van der Waals surface area contributed by atoms with E-state index in [9.17, 15) is 13.2 Å². The first-order valence-corrected chi connectivity index (χ1v) is 5.82. The average Bonchev–Trinajstić information content (AvgIpc) is 2.71. The Morgan fingerprint density at radius 2 is 1.82 bits per heavy atom. The van der Waals surface area contributed by atoms with Gasteiger partial charge in [0, 0.05) is 16.3 Å². The highest BCUT2D eigenvalue weighted by Crippen LogP contribution is 2.21. The van der Waals surface area contributed by atoms with Crippen LogP contribution in [-0.2, 0) is 6.54 Å². The number of rotatable bonds is 3. The molecule has 0 aliphatic carbocycles. The summed E-state index contributed by atoms with van der Waals surface area (Å²) in [5.74, 6) is -3.81. The van der Waals surface area contributed by atoms with Gasteiger partial charge in [0.05, 0.1) is 5.69 Å². The molecule has 1 aromatic heterocycles. The van der Waals surface area contributed by atoms with Crippen molar-refractivity contribution in [2.75, 3.05) is 5.32 Å². The van der Waals surface area contributed by atoms with Crippen LogP contribution in [0.1, 0.15) is 9.75 Å². The van der Waals surface area contributed by atoms with Crippen LogP contribution < -0.4 is 5.32 Å². The van der Waals surface area contributed by atoms with Crippen LogP contribution in [-0.4, -0.2) is 0 Å². The zero-order chi connectivity index (χ0) is 12.4. The third kappa shape index (κ3) is 2.61. The van der Waals surface area contributed by atoms with Gasteiger partial charge in [-0.3, -0.25) is 0 Å². The summed E-state index contributed by atoms with van der Waals surface area (Å²) in [5, 5.41) is 2.74. The van der Waals surface area contributed by atoms with Gasteiger partial charge in [-0.05, 0) is 31.2 Å². The van der Waals surface area contributed by atoms with Gasteiger partial charge >= 0.3 is 0 Å². The van der Waals surface area contributed by atoms with E-state index in [1.165, 1.54) is 6.07 Å². The van der Waals surface area contributed by atoms with Crippen molar-refractivity contribution >= 4 is 17.0 Å². The van der Waals surface area contributed by atoms with Gasteiger partial charge in [-0.2, -0.15) is 0 Å². The molecule has 90 valence electrons. The topological polar surface area (TPSA) is 12.0 Å². The van der Waals surface area contributed by atoms with Crippen LogP contribution in [0.2, 0.25) is 0 Å². The van der Waals surface area contributed by atoms with Gasteiger partial charge in [-0.15, -0.1) is 11.3 Å². The fourth-order valence-corrected chi connectivity index (χ4v) is 2.25. The SMILES string of the molecule is Cc1ccc(CNc2ccc(F)c(F)c2F)s1. The van der Waals surface area contributed by atoms with Crippen LogP contribution >= 0.6 is 11.3 Å². The molecule has 1 N–H and O–H groups in total. The van der Waals surface area contributed by atoms with E-state index < -0.39 is 17.5 Å². The van der Waals surface area contributed by atoms with Crippen molar-refractivity contribution in [3.8, 4) is 0 Å². The molecule has 0 fully saturated rings. The van der Waals surface area contributed by atoms with Crippen molar-refractivity contribution in [3.05, 3.63) is 51.5 Å². The van der Waals surface area contributed by atoms with Crippen LogP contribution in [0.15, 0.2) is 24.3 Å². The summed E-state index contributed by atoms with van der Waals surface area (Å²) in [7, 11) is 0. The number of hydrogen-bond donors (Lipinski definition) is 1. The molecule has 17 heavy (non-hydrogen) atoms. The van der Waals surface area contributed by atoms with Gasteiger partial charge in [-0.25, -0.2) is 13.2 Å². The largest absolute Gasteiger partial charge is 0.378 e. The third-order valence-corrected chi connectivity index (χ3v) is 3.28. The van der Waals surface area contributed by atoms with E-state index in [1.54, 1.807) is 11.3 Å². The van der Waals surface area contributed by atoms with Crippen molar-refractivity contribution in [1.29, 1.82) is 0 Å². The van der Waals surface area contributed by atoms with E-state index in [0.29, 0.717) is 6.54 Å². The van der Waals surface area contributed by atoms with E-state index in [1.807, 2.05) is 19.1 Å². The first-order chi connectivity index (χ1) is 8.08. The van der Waals surface area contributed by atoms with Crippen molar-refractivity contribution < 1.29 is 13.2 Å². The summed E-state index contributed by atoms with van der Waals surface area (Å²) in [6, 6.07) is 5.95. The molecule has 0 atom stereocenters. The van der Waals surface area contributed by atoms with Gasteiger partial charge < -0.3 is 5.32 Å². The number of hydrogen-bond acceptors (Lipinski definition) is 2. The van der Waals surface area contributed by atoms with E-state index in [-0.39, 0.29) is 5.69 Å². The van der Waals surface area contributed by atoms with E-state index in [2.05, 4.69) is 5.32 Å². The average molecular weight is 257 g/mol. The summed E-state index contributed by atoms with van der Waals surface area (Å²) < 4.78 is 38.9. The Labute approximate surface area is 101 Å². The van der Waals surface area contributed by atoms with Crippen LogP contribution in [0.25, 0.3) is 0 Å². The number of halogens is 3. The standard InChI is InChI=1S/C12H10F3NS/c1-7-2-3-8(17-7)6-16-10-5-4-9(13)11(14)12(10)15/h2-5,16H,6H2,1H3. The monoisotopic (exact) mass is 257 g/mol. The van der Waals surface area contributed by atoms with E-state index >= 15 is 0 Å². The lowest BCUT2D eigenvalue weighted by Crippen LogP contribution is -2.02. The molecule has 1 aromatic carbocycles. The Morgan fingerprint density at radius 1 is 1.06 bits per heavy atom. The van der Waals surface area contributed by atoms with Crippen molar-refractivity contribution in [2.24, 2.45) is 0 Å². The van der Waals surface area contributed by atoms with Crippen LogP contribution in [0.4, 0.5) is 18.9 Å². The lowest BCUT2D eigenvalue weighted by Gasteiger charge is -2.06. The summed E-state index contributed by atoms with van der Waals surface area (Å²) in [6.45, 7) is 2.35. The second kappa shape index (κ2) is 4.79. The smallest absolute Gasteiger partial charge is 0.196 e. The molecule has 0 saturated carbocycles. The fourth-order valence-electron chi connectivity index (χ4n) is 1.42. The maximum Gasteiger partial charge on any atom is 0.196 e. The number of benzene rings is 1. The molecule has 0 amide bonds. The molecule has 1 nitrogen and oxygen atoms in total. The molecule has 0 bridgehead atoms. The zero-order valence-electron chi connectivity index (χ0n) is 9.06. The van der Waals surface area contributed by atoms with Crippen LogP contribution in [0.3, 0.4) is 0 Å². The number of nitrogens with one attached hydrogen (secondary N) is 1. The van der Waals surface area contributed by atoms with Crippen molar-refractivity contribution in [1.82, 2.24) is 0 Å². The molecule has 0 unspecified atom stereocenters. The minimum atomic E-state index is -1.45. The highest BCUT2D eigenvalue weighted by molar-refractivity contribution is 7.11. The summed E-state index contributed by atoms with van der Waals surface area (Å²) in [4.78, 5) is 2.15. The van der Waals surface area contributed by atoms with Gasteiger partial charge in [0.2, 0.25) is 0 Å². The number of anilines is 1. The van der Waals surface area contributed by atoms with Crippen molar-refractivity contribution in [2.45, 2.75) is 13.5 Å². The van der Waals surface area contributed by atoms with Gasteiger partial charge in [0.25, 0.3) is 0 Å². The molecule has 2 rings (SSSR count). The van der Waals surface area contributed by atoms with E-state index in [0.717, 1.165) is 15.8 Å². The maximum atomic E-state index is 13.3. The Balaban J connectivity index is 2.12. The normalized spacial score (nSPS) is 10.6. The molecule has 1 heterocycles. The first-order valence-electron chi connectivity index (χ1n) is 5.00. The quantitative estimate of drug-likeness (QED) is 0.817. The fraction of sp³-hybridized carbons (Fsp3) is 0.167. The first kappa shape index (κ1) is 12.0. The highest BCUT2D eigenvalue weighted by Gasteiger charge is 2.12. The lowest BCUT2D eigenvalue weighted by atomic mass is 10.2. The summed E-state index contributed by atoms with van der Waals surface area (Å²) in [5.41, 5.74) is -0.0325. The van der Waals surface area contributed by atoms with Gasteiger partial charge in [0.15, 0.2) is 17.5 Å². The molecule has 0 spiro atoms. The minimum Gasteiger partial charge on any atom is -0.378 e. The molecule has 0 radical (unpaired) electrons. The molecule has 0 aliphatic heterocycles. The summed E-state index contributed by atoms with van der Waals surface area (Å²) >= 11 is 1.57. The van der Waals surface area contributed by atoms with E-state index in [4.69, 9.17) is 0 Å². The Kier molecular flexibility index (Phi) is 3.38. The molecule has 2 aromatic rings. The molecule has 0 aliphatic rings. The Morgan fingerprint density at radius 3 is 2.47 bits per heavy atom. The zero-order valence-corrected chi connectivity index (χ0v) is 9.88. The number of thiophene rings is 1.